The molecular weight excluding hydrogens is 256 g/mol. The Morgan fingerprint density at radius 3 is 2.75 bits per heavy atom. The number of hydrogen-bond acceptors (Lipinski definition) is 6. The second-order valence-electron chi connectivity index (χ2n) is 5.26. The van der Waals surface area contributed by atoms with Crippen molar-refractivity contribution in [3.63, 3.8) is 0 Å². The molecule has 5 N–H and O–H groups in total. The molecule has 1 aliphatic rings. The summed E-state index contributed by atoms with van der Waals surface area (Å²) in [6.07, 6.45) is 4.59. The number of aromatic nitrogens is 2. The monoisotopic (exact) mass is 278 g/mol. The van der Waals surface area contributed by atoms with Crippen LogP contribution in [0.1, 0.15) is 37.2 Å². The van der Waals surface area contributed by atoms with E-state index in [1.807, 2.05) is 6.92 Å². The number of nitrogen functional groups attached to an aromatic ring is 1. The fourth-order valence-corrected chi connectivity index (χ4v) is 2.74. The van der Waals surface area contributed by atoms with E-state index >= 15 is 0 Å². The van der Waals surface area contributed by atoms with E-state index in [4.69, 9.17) is 11.6 Å². The van der Waals surface area contributed by atoms with Gasteiger partial charge in [0.2, 0.25) is 5.91 Å². The number of hydrazine groups is 1. The Hall–Kier alpha value is -1.73. The summed E-state index contributed by atoms with van der Waals surface area (Å²) in [5.41, 5.74) is 8.72. The zero-order valence-electron chi connectivity index (χ0n) is 11.8. The molecule has 7 nitrogen and oxygen atoms in total. The van der Waals surface area contributed by atoms with Crippen LogP contribution in [0.2, 0.25) is 0 Å². The summed E-state index contributed by atoms with van der Waals surface area (Å²) < 4.78 is 0. The van der Waals surface area contributed by atoms with Crippen LogP contribution >= 0.6 is 0 Å². The van der Waals surface area contributed by atoms with Gasteiger partial charge in [0.05, 0.1) is 13.1 Å². The summed E-state index contributed by atoms with van der Waals surface area (Å²) in [6.45, 7) is 2.65. The van der Waals surface area contributed by atoms with Gasteiger partial charge in [0.15, 0.2) is 0 Å². The van der Waals surface area contributed by atoms with Gasteiger partial charge in [-0.05, 0) is 19.8 Å². The predicted octanol–water partition coefficient (Wildman–Crippen LogP) is 0.301. The molecule has 7 heteroatoms. The highest BCUT2D eigenvalue weighted by atomic mass is 16.1. The fourth-order valence-electron chi connectivity index (χ4n) is 2.74. The predicted molar refractivity (Wildman–Crippen MR) is 76.4 cm³/mol. The van der Waals surface area contributed by atoms with E-state index in [-0.39, 0.29) is 12.5 Å². The molecule has 0 spiro atoms. The van der Waals surface area contributed by atoms with Crippen LogP contribution < -0.4 is 17.0 Å². The Balaban J connectivity index is 2.13. The van der Waals surface area contributed by atoms with Crippen LogP contribution in [0.15, 0.2) is 6.07 Å². The standard InChI is InChI=1S/C13H22N6O/c1-9-6-12(18-15)17-13(16-9)8-19(7-11(14)20)10-4-2-3-5-10/h6,10H,2-5,7-8,15H2,1H3,(H2,14,20)(H,16,17,18). The number of nitrogens with two attached hydrogens (primary N) is 2. The van der Waals surface area contributed by atoms with Crippen molar-refractivity contribution in [3.05, 3.63) is 17.6 Å². The minimum Gasteiger partial charge on any atom is -0.369 e. The Bertz CT molecular complexity index is 472. The van der Waals surface area contributed by atoms with Crippen LogP contribution in [0.3, 0.4) is 0 Å². The molecule has 1 aliphatic carbocycles. The number of rotatable bonds is 6. The summed E-state index contributed by atoms with van der Waals surface area (Å²) in [5.74, 6) is 6.32. The van der Waals surface area contributed by atoms with Gasteiger partial charge in [-0.1, -0.05) is 12.8 Å². The molecule has 0 saturated heterocycles. The Morgan fingerprint density at radius 2 is 2.15 bits per heavy atom. The first kappa shape index (κ1) is 14.7. The van der Waals surface area contributed by atoms with Gasteiger partial charge in [-0.2, -0.15) is 0 Å². The average molecular weight is 278 g/mol. The molecule has 1 saturated carbocycles. The molecular formula is C13H22N6O. The van der Waals surface area contributed by atoms with Gasteiger partial charge in [0.25, 0.3) is 0 Å². The van der Waals surface area contributed by atoms with Crippen molar-refractivity contribution in [1.82, 2.24) is 14.9 Å². The summed E-state index contributed by atoms with van der Waals surface area (Å²) in [5, 5.41) is 0. The van der Waals surface area contributed by atoms with Crippen LogP contribution in [-0.4, -0.2) is 33.4 Å². The smallest absolute Gasteiger partial charge is 0.231 e. The van der Waals surface area contributed by atoms with Crippen LogP contribution in [0, 0.1) is 6.92 Å². The zero-order chi connectivity index (χ0) is 14.5. The van der Waals surface area contributed by atoms with Crippen molar-refractivity contribution in [2.75, 3.05) is 12.0 Å². The first-order valence-corrected chi connectivity index (χ1v) is 6.92. The normalized spacial score (nSPS) is 15.8. The number of nitrogens with one attached hydrogen (secondary N) is 1. The molecule has 1 aromatic heterocycles. The van der Waals surface area contributed by atoms with E-state index in [0.29, 0.717) is 24.2 Å². The molecule has 20 heavy (non-hydrogen) atoms. The van der Waals surface area contributed by atoms with E-state index in [0.717, 1.165) is 18.5 Å². The van der Waals surface area contributed by atoms with Gasteiger partial charge in [0.1, 0.15) is 11.6 Å². The van der Waals surface area contributed by atoms with Crippen LogP contribution in [-0.2, 0) is 11.3 Å². The molecule has 1 heterocycles. The van der Waals surface area contributed by atoms with E-state index in [1.165, 1.54) is 12.8 Å². The van der Waals surface area contributed by atoms with E-state index in [9.17, 15) is 4.79 Å². The SMILES string of the molecule is Cc1cc(NN)nc(CN(CC(N)=O)C2CCCC2)n1. The van der Waals surface area contributed by atoms with Gasteiger partial charge in [-0.15, -0.1) is 0 Å². The number of nitrogens with zero attached hydrogens (tertiary/aromatic N) is 3. The maximum absolute atomic E-state index is 11.3. The minimum atomic E-state index is -0.318. The van der Waals surface area contributed by atoms with Gasteiger partial charge in [0, 0.05) is 17.8 Å². The first-order chi connectivity index (χ1) is 9.58. The summed E-state index contributed by atoms with van der Waals surface area (Å²) in [4.78, 5) is 22.1. The van der Waals surface area contributed by atoms with E-state index in [1.54, 1.807) is 6.07 Å². The largest absolute Gasteiger partial charge is 0.369 e. The number of anilines is 1. The van der Waals surface area contributed by atoms with Crippen molar-refractivity contribution in [1.29, 1.82) is 0 Å². The van der Waals surface area contributed by atoms with Gasteiger partial charge < -0.3 is 11.2 Å². The van der Waals surface area contributed by atoms with Crippen molar-refractivity contribution >= 4 is 11.7 Å². The number of aryl methyl sites for hydroxylation is 1. The van der Waals surface area contributed by atoms with E-state index in [2.05, 4.69) is 20.3 Å². The number of hydrogen-bond donors (Lipinski definition) is 3. The lowest BCUT2D eigenvalue weighted by Crippen LogP contribution is -2.40. The van der Waals surface area contributed by atoms with Gasteiger partial charge in [-0.25, -0.2) is 15.8 Å². The molecule has 0 bridgehead atoms. The second-order valence-corrected chi connectivity index (χ2v) is 5.26. The van der Waals surface area contributed by atoms with Crippen LogP contribution in [0.4, 0.5) is 5.82 Å². The third-order valence-corrected chi connectivity index (χ3v) is 3.59. The summed E-state index contributed by atoms with van der Waals surface area (Å²) in [7, 11) is 0. The molecule has 2 rings (SSSR count). The molecule has 110 valence electrons. The molecule has 1 aromatic rings. The van der Waals surface area contributed by atoms with E-state index < -0.39 is 0 Å². The van der Waals surface area contributed by atoms with Gasteiger partial charge >= 0.3 is 0 Å². The number of primary amides is 1. The van der Waals surface area contributed by atoms with Crippen molar-refractivity contribution < 1.29 is 4.79 Å². The number of carbonyl (C=O) groups is 1. The molecule has 0 radical (unpaired) electrons. The quantitative estimate of drug-likeness (QED) is 0.510. The lowest BCUT2D eigenvalue weighted by Gasteiger charge is -2.26. The Labute approximate surface area is 118 Å². The summed E-state index contributed by atoms with van der Waals surface area (Å²) >= 11 is 0. The maximum atomic E-state index is 11.3. The molecule has 0 aromatic carbocycles. The average Bonchev–Trinajstić information content (AvgIpc) is 2.90. The summed E-state index contributed by atoms with van der Waals surface area (Å²) in [6, 6.07) is 2.17. The van der Waals surface area contributed by atoms with Crippen molar-refractivity contribution in [2.24, 2.45) is 11.6 Å². The molecule has 1 fully saturated rings. The first-order valence-electron chi connectivity index (χ1n) is 6.92. The van der Waals surface area contributed by atoms with Crippen molar-refractivity contribution in [3.8, 4) is 0 Å². The lowest BCUT2D eigenvalue weighted by molar-refractivity contribution is -0.119. The topological polar surface area (TPSA) is 110 Å². The zero-order valence-corrected chi connectivity index (χ0v) is 11.8. The number of carbonyl (C=O) groups excluding carboxylic acids is 1. The molecule has 0 atom stereocenters. The highest BCUT2D eigenvalue weighted by Crippen LogP contribution is 2.24. The third-order valence-electron chi connectivity index (χ3n) is 3.59. The molecule has 0 unspecified atom stereocenters. The number of amides is 1. The molecule has 0 aliphatic heterocycles. The lowest BCUT2D eigenvalue weighted by atomic mass is 10.2. The fraction of sp³-hybridized carbons (Fsp3) is 0.615. The third kappa shape index (κ3) is 3.88. The highest BCUT2D eigenvalue weighted by molar-refractivity contribution is 5.75. The Kier molecular flexibility index (Phi) is 4.86. The second kappa shape index (κ2) is 6.62. The van der Waals surface area contributed by atoms with Crippen LogP contribution in [0.5, 0.6) is 0 Å². The maximum Gasteiger partial charge on any atom is 0.231 e. The molecule has 1 amide bonds. The highest BCUT2D eigenvalue weighted by Gasteiger charge is 2.24. The minimum absolute atomic E-state index is 0.243. The Morgan fingerprint density at radius 1 is 1.45 bits per heavy atom. The van der Waals surface area contributed by atoms with Gasteiger partial charge in [-0.3, -0.25) is 9.69 Å². The van der Waals surface area contributed by atoms with Crippen LogP contribution in [0.25, 0.3) is 0 Å². The van der Waals surface area contributed by atoms with Crippen molar-refractivity contribution in [2.45, 2.75) is 45.2 Å².